The van der Waals surface area contributed by atoms with E-state index >= 15 is 0 Å². The Morgan fingerprint density at radius 2 is 2.05 bits per heavy atom. The Bertz CT molecular complexity index is 709. The van der Waals surface area contributed by atoms with Crippen LogP contribution in [-0.4, -0.2) is 4.92 Å². The summed E-state index contributed by atoms with van der Waals surface area (Å²) in [6, 6.07) is 2.58. The van der Waals surface area contributed by atoms with E-state index in [1.165, 1.54) is 0 Å². The number of hydrogen-bond donors (Lipinski definition) is 1. The molecule has 1 atom stereocenters. The minimum atomic E-state index is -1.31. The third kappa shape index (κ3) is 3.25. The standard InChI is InChI=1S/C12H8Cl2F2N2O2S/c1-5(6-4-9(13)21-12(6)14)17-11-8(18(19)20)3-2-7(15)10(11)16/h2-5,17H,1H3. The summed E-state index contributed by atoms with van der Waals surface area (Å²) in [5.41, 5.74) is -0.534. The fourth-order valence-corrected chi connectivity index (χ4v) is 3.42. The average Bonchev–Trinajstić information content (AvgIpc) is 2.74. The summed E-state index contributed by atoms with van der Waals surface area (Å²) in [5, 5.41) is 13.5. The van der Waals surface area contributed by atoms with E-state index in [0.717, 1.165) is 17.4 Å². The summed E-state index contributed by atoms with van der Waals surface area (Å²) < 4.78 is 27.9. The average molecular weight is 353 g/mol. The van der Waals surface area contributed by atoms with Crippen molar-refractivity contribution in [2.45, 2.75) is 13.0 Å². The van der Waals surface area contributed by atoms with E-state index in [4.69, 9.17) is 23.2 Å². The topological polar surface area (TPSA) is 55.2 Å². The highest BCUT2D eigenvalue weighted by atomic mass is 35.5. The summed E-state index contributed by atoms with van der Waals surface area (Å²) >= 11 is 12.9. The van der Waals surface area contributed by atoms with Gasteiger partial charge in [0, 0.05) is 11.6 Å². The molecule has 0 aliphatic carbocycles. The van der Waals surface area contributed by atoms with Gasteiger partial charge in [-0.15, -0.1) is 11.3 Å². The summed E-state index contributed by atoms with van der Waals surface area (Å²) in [6.07, 6.45) is 0. The van der Waals surface area contributed by atoms with Gasteiger partial charge in [-0.2, -0.15) is 0 Å². The monoisotopic (exact) mass is 352 g/mol. The van der Waals surface area contributed by atoms with Gasteiger partial charge in [0.25, 0.3) is 5.69 Å². The van der Waals surface area contributed by atoms with E-state index in [9.17, 15) is 18.9 Å². The van der Waals surface area contributed by atoms with Crippen LogP contribution >= 0.6 is 34.5 Å². The third-order valence-corrected chi connectivity index (χ3v) is 4.30. The van der Waals surface area contributed by atoms with Gasteiger partial charge in [-0.25, -0.2) is 8.78 Å². The third-order valence-electron chi connectivity index (χ3n) is 2.78. The van der Waals surface area contributed by atoms with Gasteiger partial charge in [0.1, 0.15) is 0 Å². The number of nitrogens with zero attached hydrogens (tertiary/aromatic N) is 1. The lowest BCUT2D eigenvalue weighted by molar-refractivity contribution is -0.384. The maximum absolute atomic E-state index is 13.8. The molecule has 0 fully saturated rings. The molecule has 21 heavy (non-hydrogen) atoms. The van der Waals surface area contributed by atoms with E-state index in [1.54, 1.807) is 13.0 Å². The second kappa shape index (κ2) is 6.13. The molecular formula is C12H8Cl2F2N2O2S. The van der Waals surface area contributed by atoms with Gasteiger partial charge in [0.2, 0.25) is 0 Å². The zero-order valence-corrected chi connectivity index (χ0v) is 12.8. The smallest absolute Gasteiger partial charge is 0.295 e. The van der Waals surface area contributed by atoms with Crippen LogP contribution in [0.5, 0.6) is 0 Å². The first kappa shape index (κ1) is 15.9. The van der Waals surface area contributed by atoms with Crippen molar-refractivity contribution in [3.63, 3.8) is 0 Å². The van der Waals surface area contributed by atoms with Crippen molar-refractivity contribution in [2.24, 2.45) is 0 Å². The van der Waals surface area contributed by atoms with Crippen LogP contribution in [0, 0.1) is 21.7 Å². The van der Waals surface area contributed by atoms with Gasteiger partial charge in [-0.1, -0.05) is 23.2 Å². The van der Waals surface area contributed by atoms with Crippen molar-refractivity contribution in [3.05, 3.63) is 54.2 Å². The second-order valence-electron chi connectivity index (χ2n) is 4.16. The fraction of sp³-hybridized carbons (Fsp3) is 0.167. The molecule has 0 saturated heterocycles. The zero-order valence-electron chi connectivity index (χ0n) is 10.5. The van der Waals surface area contributed by atoms with Crippen LogP contribution in [0.2, 0.25) is 8.67 Å². The molecule has 4 nitrogen and oxygen atoms in total. The number of hydrogen-bond acceptors (Lipinski definition) is 4. The molecule has 1 heterocycles. The molecule has 1 unspecified atom stereocenters. The number of nitro groups is 1. The Kier molecular flexibility index (Phi) is 4.65. The van der Waals surface area contributed by atoms with Crippen molar-refractivity contribution in [2.75, 3.05) is 5.32 Å². The number of anilines is 1. The molecule has 2 rings (SSSR count). The predicted octanol–water partition coefficient (Wildman–Crippen LogP) is 5.41. The van der Waals surface area contributed by atoms with Crippen molar-refractivity contribution >= 4 is 45.9 Å². The molecule has 0 bridgehead atoms. The second-order valence-corrected chi connectivity index (χ2v) is 6.44. The molecule has 1 aromatic heterocycles. The van der Waals surface area contributed by atoms with Crippen LogP contribution in [0.1, 0.15) is 18.5 Å². The van der Waals surface area contributed by atoms with Crippen LogP contribution in [0.15, 0.2) is 18.2 Å². The highest BCUT2D eigenvalue weighted by molar-refractivity contribution is 7.20. The molecule has 0 aliphatic heterocycles. The number of nitrogens with one attached hydrogen (secondary N) is 1. The first-order chi connectivity index (χ1) is 9.81. The molecular weight excluding hydrogens is 345 g/mol. The van der Waals surface area contributed by atoms with Gasteiger partial charge >= 0.3 is 0 Å². The van der Waals surface area contributed by atoms with Gasteiger partial charge in [-0.05, 0) is 19.1 Å². The van der Waals surface area contributed by atoms with Gasteiger partial charge < -0.3 is 5.32 Å². The minimum absolute atomic E-state index is 0.375. The van der Waals surface area contributed by atoms with Crippen molar-refractivity contribution in [3.8, 4) is 0 Å². The van der Waals surface area contributed by atoms with E-state index in [2.05, 4.69) is 5.32 Å². The molecule has 2 aromatic rings. The summed E-state index contributed by atoms with van der Waals surface area (Å²) in [6.45, 7) is 1.61. The Hall–Kier alpha value is -1.44. The van der Waals surface area contributed by atoms with Crippen LogP contribution in [0.3, 0.4) is 0 Å². The first-order valence-corrected chi connectivity index (χ1v) is 7.22. The van der Waals surface area contributed by atoms with E-state index in [0.29, 0.717) is 20.3 Å². The van der Waals surface area contributed by atoms with Gasteiger partial charge in [0.05, 0.1) is 19.6 Å². The number of benzene rings is 1. The van der Waals surface area contributed by atoms with Crippen molar-refractivity contribution in [1.29, 1.82) is 0 Å². The SMILES string of the molecule is CC(Nc1c([N+](=O)[O-])ccc(F)c1F)c1cc(Cl)sc1Cl. The molecule has 1 N–H and O–H groups in total. The normalized spacial score (nSPS) is 12.2. The zero-order chi connectivity index (χ0) is 15.7. The van der Waals surface area contributed by atoms with Gasteiger partial charge in [-0.3, -0.25) is 10.1 Å². The Labute approximate surface area is 132 Å². The van der Waals surface area contributed by atoms with Crippen LogP contribution in [-0.2, 0) is 0 Å². The largest absolute Gasteiger partial charge is 0.370 e. The summed E-state index contributed by atoms with van der Waals surface area (Å²) in [7, 11) is 0. The lowest BCUT2D eigenvalue weighted by Gasteiger charge is -2.15. The molecule has 112 valence electrons. The maximum Gasteiger partial charge on any atom is 0.295 e. The lowest BCUT2D eigenvalue weighted by atomic mass is 10.1. The molecule has 0 aliphatic rings. The van der Waals surface area contributed by atoms with Crippen molar-refractivity contribution in [1.82, 2.24) is 0 Å². The van der Waals surface area contributed by atoms with E-state index in [1.807, 2.05) is 0 Å². The van der Waals surface area contributed by atoms with Crippen LogP contribution < -0.4 is 5.32 Å². The molecule has 0 spiro atoms. The summed E-state index contributed by atoms with van der Waals surface area (Å²) in [4.78, 5) is 10.1. The highest BCUT2D eigenvalue weighted by Gasteiger charge is 2.24. The molecule has 0 amide bonds. The lowest BCUT2D eigenvalue weighted by Crippen LogP contribution is -2.10. The minimum Gasteiger partial charge on any atom is -0.370 e. The molecule has 0 radical (unpaired) electrons. The number of thiophene rings is 1. The van der Waals surface area contributed by atoms with E-state index < -0.39 is 34.0 Å². The maximum atomic E-state index is 13.8. The van der Waals surface area contributed by atoms with Crippen molar-refractivity contribution < 1.29 is 13.7 Å². The van der Waals surface area contributed by atoms with Crippen LogP contribution in [0.4, 0.5) is 20.2 Å². The quantitative estimate of drug-likeness (QED) is 0.590. The first-order valence-electron chi connectivity index (χ1n) is 5.65. The number of rotatable bonds is 4. The Morgan fingerprint density at radius 3 is 2.57 bits per heavy atom. The summed E-state index contributed by atoms with van der Waals surface area (Å²) in [5.74, 6) is -2.49. The molecule has 1 aromatic carbocycles. The molecule has 0 saturated carbocycles. The highest BCUT2D eigenvalue weighted by Crippen LogP contribution is 2.38. The fourth-order valence-electron chi connectivity index (χ4n) is 1.77. The van der Waals surface area contributed by atoms with Crippen LogP contribution in [0.25, 0.3) is 0 Å². The van der Waals surface area contributed by atoms with Gasteiger partial charge in [0.15, 0.2) is 17.3 Å². The van der Waals surface area contributed by atoms with E-state index in [-0.39, 0.29) is 0 Å². The predicted molar refractivity (Wildman–Crippen MR) is 79.4 cm³/mol. The Balaban J connectivity index is 2.41. The number of halogens is 4. The number of nitro benzene ring substituents is 1. The Morgan fingerprint density at radius 1 is 1.38 bits per heavy atom. The molecule has 9 heteroatoms.